The molecule has 0 aliphatic heterocycles. The van der Waals surface area contributed by atoms with Crippen LogP contribution in [0, 0.1) is 6.92 Å². The summed E-state index contributed by atoms with van der Waals surface area (Å²) in [5, 5.41) is 6.59. The number of carbonyl (C=O) groups is 1. The lowest BCUT2D eigenvalue weighted by Gasteiger charge is -2.14. The number of carbonyl (C=O) groups excluding carboxylic acids is 1. The fourth-order valence-corrected chi connectivity index (χ4v) is 2.74. The Kier molecular flexibility index (Phi) is 6.34. The topological polar surface area (TPSA) is 50.4 Å². The molecule has 0 radical (unpaired) electrons. The summed E-state index contributed by atoms with van der Waals surface area (Å²) in [5.41, 5.74) is 3.52. The molecule has 3 aromatic carbocycles. The molecular weight excluding hydrogens is 360 g/mol. The van der Waals surface area contributed by atoms with Crippen molar-refractivity contribution < 1.29 is 9.53 Å². The number of para-hydroxylation sites is 2. The molecule has 0 aliphatic carbocycles. The lowest BCUT2D eigenvalue weighted by atomic mass is 10.2. The van der Waals surface area contributed by atoms with E-state index in [1.165, 1.54) is 0 Å². The van der Waals surface area contributed by atoms with Crippen molar-refractivity contribution in [3.63, 3.8) is 0 Å². The summed E-state index contributed by atoms with van der Waals surface area (Å²) in [7, 11) is 0. The average molecular weight is 381 g/mol. The zero-order chi connectivity index (χ0) is 19.1. The normalized spacial score (nSPS) is 10.3. The average Bonchev–Trinajstić information content (AvgIpc) is 2.69. The van der Waals surface area contributed by atoms with Crippen LogP contribution in [0.1, 0.15) is 11.1 Å². The zero-order valence-electron chi connectivity index (χ0n) is 15.0. The second-order valence-electron chi connectivity index (χ2n) is 6.13. The van der Waals surface area contributed by atoms with Gasteiger partial charge in [-0.3, -0.25) is 4.79 Å². The Morgan fingerprint density at radius 1 is 0.963 bits per heavy atom. The fraction of sp³-hybridized carbons (Fsp3) is 0.136. The molecular formula is C22H21ClN2O2. The molecule has 0 aromatic heterocycles. The Bertz CT molecular complexity index is 913. The number of anilines is 2. The van der Waals surface area contributed by atoms with Gasteiger partial charge in [-0.2, -0.15) is 0 Å². The van der Waals surface area contributed by atoms with E-state index in [1.54, 1.807) is 12.1 Å². The van der Waals surface area contributed by atoms with E-state index in [4.69, 9.17) is 16.3 Å². The Hall–Kier alpha value is -2.98. The number of benzene rings is 3. The number of amides is 1. The molecule has 138 valence electrons. The smallest absolute Gasteiger partial charge is 0.243 e. The summed E-state index contributed by atoms with van der Waals surface area (Å²) < 4.78 is 5.90. The maximum Gasteiger partial charge on any atom is 0.243 e. The third-order valence-electron chi connectivity index (χ3n) is 4.04. The van der Waals surface area contributed by atoms with Gasteiger partial charge in [-0.15, -0.1) is 0 Å². The molecule has 2 N–H and O–H groups in total. The van der Waals surface area contributed by atoms with E-state index in [-0.39, 0.29) is 12.5 Å². The van der Waals surface area contributed by atoms with E-state index in [0.717, 1.165) is 16.8 Å². The minimum atomic E-state index is -0.154. The van der Waals surface area contributed by atoms with Gasteiger partial charge in [0.05, 0.1) is 12.2 Å². The summed E-state index contributed by atoms with van der Waals surface area (Å²) >= 11 is 6.00. The zero-order valence-corrected chi connectivity index (χ0v) is 15.8. The van der Waals surface area contributed by atoms with Gasteiger partial charge in [0.15, 0.2) is 0 Å². The van der Waals surface area contributed by atoms with Gasteiger partial charge in [0.1, 0.15) is 12.4 Å². The van der Waals surface area contributed by atoms with Crippen LogP contribution in [0.15, 0.2) is 72.8 Å². The lowest BCUT2D eigenvalue weighted by molar-refractivity contribution is -0.114. The SMILES string of the molecule is Cc1ccc(Cl)cc1NC(=O)CNc1ccccc1OCc1ccccc1. The van der Waals surface area contributed by atoms with Gasteiger partial charge in [-0.25, -0.2) is 0 Å². The Morgan fingerprint density at radius 2 is 1.70 bits per heavy atom. The summed E-state index contributed by atoms with van der Waals surface area (Å²) in [6, 6.07) is 22.9. The number of nitrogens with one attached hydrogen (secondary N) is 2. The van der Waals surface area contributed by atoms with Gasteiger partial charge in [-0.1, -0.05) is 60.1 Å². The predicted octanol–water partition coefficient (Wildman–Crippen LogP) is 5.28. The molecule has 0 aliphatic rings. The minimum Gasteiger partial charge on any atom is -0.487 e. The van der Waals surface area contributed by atoms with E-state index in [2.05, 4.69) is 10.6 Å². The monoisotopic (exact) mass is 380 g/mol. The molecule has 0 spiro atoms. The van der Waals surface area contributed by atoms with Crippen LogP contribution in [0.3, 0.4) is 0 Å². The summed E-state index contributed by atoms with van der Waals surface area (Å²) in [6.07, 6.45) is 0. The van der Waals surface area contributed by atoms with E-state index < -0.39 is 0 Å². The van der Waals surface area contributed by atoms with Gasteiger partial charge < -0.3 is 15.4 Å². The first-order chi connectivity index (χ1) is 13.1. The summed E-state index contributed by atoms with van der Waals surface area (Å²) in [5.74, 6) is 0.548. The van der Waals surface area contributed by atoms with Crippen LogP contribution in [0.5, 0.6) is 5.75 Å². The number of ether oxygens (including phenoxy) is 1. The summed E-state index contributed by atoms with van der Waals surface area (Å²) in [6.45, 7) is 2.51. The van der Waals surface area contributed by atoms with E-state index >= 15 is 0 Å². The second kappa shape index (κ2) is 9.10. The van der Waals surface area contributed by atoms with Crippen LogP contribution >= 0.6 is 11.6 Å². The first-order valence-electron chi connectivity index (χ1n) is 8.67. The lowest BCUT2D eigenvalue weighted by Crippen LogP contribution is -2.22. The van der Waals surface area contributed by atoms with Crippen LogP contribution in [0.25, 0.3) is 0 Å². The molecule has 0 saturated heterocycles. The van der Waals surface area contributed by atoms with Gasteiger partial charge in [0.2, 0.25) is 5.91 Å². The maximum atomic E-state index is 12.3. The second-order valence-corrected chi connectivity index (χ2v) is 6.57. The summed E-state index contributed by atoms with van der Waals surface area (Å²) in [4.78, 5) is 12.3. The predicted molar refractivity (Wildman–Crippen MR) is 111 cm³/mol. The van der Waals surface area contributed by atoms with Crippen LogP contribution in [0.2, 0.25) is 5.02 Å². The van der Waals surface area contributed by atoms with Crippen molar-refractivity contribution in [2.75, 3.05) is 17.2 Å². The Labute approximate surface area is 164 Å². The van der Waals surface area contributed by atoms with Crippen molar-refractivity contribution in [2.24, 2.45) is 0 Å². The van der Waals surface area contributed by atoms with Crippen molar-refractivity contribution in [2.45, 2.75) is 13.5 Å². The van der Waals surface area contributed by atoms with Gasteiger partial charge >= 0.3 is 0 Å². The van der Waals surface area contributed by atoms with E-state index in [1.807, 2.05) is 67.6 Å². The highest BCUT2D eigenvalue weighted by atomic mass is 35.5. The minimum absolute atomic E-state index is 0.123. The number of hydrogen-bond acceptors (Lipinski definition) is 3. The van der Waals surface area contributed by atoms with Crippen LogP contribution in [-0.4, -0.2) is 12.5 Å². The molecule has 0 saturated carbocycles. The number of aryl methyl sites for hydroxylation is 1. The fourth-order valence-electron chi connectivity index (χ4n) is 2.57. The quantitative estimate of drug-likeness (QED) is 0.586. The molecule has 4 nitrogen and oxygen atoms in total. The Morgan fingerprint density at radius 3 is 2.52 bits per heavy atom. The van der Waals surface area contributed by atoms with Crippen molar-refractivity contribution in [3.8, 4) is 5.75 Å². The first-order valence-corrected chi connectivity index (χ1v) is 9.05. The van der Waals surface area contributed by atoms with Gasteiger partial charge in [0.25, 0.3) is 0 Å². The van der Waals surface area contributed by atoms with E-state index in [0.29, 0.717) is 23.1 Å². The highest BCUT2D eigenvalue weighted by molar-refractivity contribution is 6.31. The van der Waals surface area contributed by atoms with Crippen molar-refractivity contribution in [3.05, 3.63) is 88.9 Å². The highest BCUT2D eigenvalue weighted by Crippen LogP contribution is 2.25. The number of rotatable bonds is 7. The molecule has 1 amide bonds. The molecule has 0 atom stereocenters. The number of halogens is 1. The van der Waals surface area contributed by atoms with Crippen LogP contribution < -0.4 is 15.4 Å². The highest BCUT2D eigenvalue weighted by Gasteiger charge is 2.08. The van der Waals surface area contributed by atoms with Crippen molar-refractivity contribution in [1.29, 1.82) is 0 Å². The molecule has 5 heteroatoms. The molecule has 0 heterocycles. The molecule has 0 unspecified atom stereocenters. The first kappa shape index (κ1) is 18.8. The molecule has 3 aromatic rings. The van der Waals surface area contributed by atoms with Crippen LogP contribution in [0.4, 0.5) is 11.4 Å². The maximum absolute atomic E-state index is 12.3. The largest absolute Gasteiger partial charge is 0.487 e. The van der Waals surface area contributed by atoms with Gasteiger partial charge in [-0.05, 0) is 42.3 Å². The molecule has 0 fully saturated rings. The number of hydrogen-bond donors (Lipinski definition) is 2. The third kappa shape index (κ3) is 5.50. The van der Waals surface area contributed by atoms with Crippen molar-refractivity contribution >= 4 is 28.9 Å². The van der Waals surface area contributed by atoms with Gasteiger partial charge in [0, 0.05) is 10.7 Å². The standard InChI is InChI=1S/C22H21ClN2O2/c1-16-11-12-18(23)13-20(16)25-22(26)14-24-19-9-5-6-10-21(19)27-15-17-7-3-2-4-8-17/h2-13,24H,14-15H2,1H3,(H,25,26). The van der Waals surface area contributed by atoms with E-state index in [9.17, 15) is 4.79 Å². The van der Waals surface area contributed by atoms with Crippen molar-refractivity contribution in [1.82, 2.24) is 0 Å². The third-order valence-corrected chi connectivity index (χ3v) is 4.27. The molecule has 0 bridgehead atoms. The Balaban J connectivity index is 1.59. The molecule has 27 heavy (non-hydrogen) atoms. The molecule has 3 rings (SSSR count). The van der Waals surface area contributed by atoms with Crippen LogP contribution in [-0.2, 0) is 11.4 Å².